The summed E-state index contributed by atoms with van der Waals surface area (Å²) in [7, 11) is 0. The highest BCUT2D eigenvalue weighted by Crippen LogP contribution is 2.39. The van der Waals surface area contributed by atoms with E-state index in [1.165, 1.54) is 5.56 Å². The molecule has 0 atom stereocenters. The Hall–Kier alpha value is -1.77. The van der Waals surface area contributed by atoms with Crippen LogP contribution >= 0.6 is 0 Å². The normalized spacial score (nSPS) is 14.8. The molecule has 2 rings (SSSR count). The van der Waals surface area contributed by atoms with Gasteiger partial charge in [-0.25, -0.2) is 4.79 Å². The first kappa shape index (κ1) is 15.6. The van der Waals surface area contributed by atoms with Gasteiger partial charge in [0, 0.05) is 12.0 Å². The van der Waals surface area contributed by atoms with Gasteiger partial charge in [-0.3, -0.25) is 4.90 Å². The summed E-state index contributed by atoms with van der Waals surface area (Å²) in [6.45, 7) is 14.5. The number of benzene rings is 1. The summed E-state index contributed by atoms with van der Waals surface area (Å²) in [6, 6.07) is 6.21. The van der Waals surface area contributed by atoms with Crippen molar-refractivity contribution in [1.82, 2.24) is 0 Å². The van der Waals surface area contributed by atoms with E-state index in [0.717, 1.165) is 17.7 Å². The molecule has 0 fully saturated rings. The van der Waals surface area contributed by atoms with E-state index in [2.05, 4.69) is 38.6 Å². The Kier molecular flexibility index (Phi) is 3.87. The van der Waals surface area contributed by atoms with Crippen LogP contribution in [-0.4, -0.2) is 18.2 Å². The summed E-state index contributed by atoms with van der Waals surface area (Å²) < 4.78 is 5.54. The van der Waals surface area contributed by atoms with Crippen LogP contribution in [-0.2, 0) is 16.6 Å². The van der Waals surface area contributed by atoms with Crippen LogP contribution in [0.3, 0.4) is 0 Å². The summed E-state index contributed by atoms with van der Waals surface area (Å²) >= 11 is 0. The van der Waals surface area contributed by atoms with Crippen molar-refractivity contribution in [2.24, 2.45) is 0 Å². The summed E-state index contributed by atoms with van der Waals surface area (Å²) in [6.07, 6.45) is 2.53. The van der Waals surface area contributed by atoms with Crippen molar-refractivity contribution in [3.05, 3.63) is 42.0 Å². The van der Waals surface area contributed by atoms with Crippen LogP contribution in [0.4, 0.5) is 10.5 Å². The molecule has 0 aromatic heterocycles. The zero-order valence-electron chi connectivity index (χ0n) is 13.7. The zero-order valence-corrected chi connectivity index (χ0v) is 13.7. The number of hydrogen-bond donors (Lipinski definition) is 0. The smallest absolute Gasteiger partial charge is 0.414 e. The lowest BCUT2D eigenvalue weighted by Gasteiger charge is -2.29. The molecule has 0 N–H and O–H groups in total. The molecule has 0 radical (unpaired) electrons. The maximum absolute atomic E-state index is 12.5. The van der Waals surface area contributed by atoms with Gasteiger partial charge in [0.25, 0.3) is 0 Å². The Bertz CT molecular complexity index is 567. The predicted molar refractivity (Wildman–Crippen MR) is 86.9 cm³/mol. The monoisotopic (exact) mass is 287 g/mol. The molecule has 21 heavy (non-hydrogen) atoms. The Morgan fingerprint density at radius 1 is 1.29 bits per heavy atom. The minimum absolute atomic E-state index is 0.185. The number of fused-ring (bicyclic) bond motifs is 1. The largest absolute Gasteiger partial charge is 0.443 e. The molecule has 0 unspecified atom stereocenters. The summed E-state index contributed by atoms with van der Waals surface area (Å²) in [4.78, 5) is 14.2. The lowest BCUT2D eigenvalue weighted by molar-refractivity contribution is 0.0583. The van der Waals surface area contributed by atoms with Gasteiger partial charge in [0.05, 0.1) is 5.69 Å². The van der Waals surface area contributed by atoms with Gasteiger partial charge in [-0.05, 0) is 38.3 Å². The SMILES string of the molecule is C=CC(C)(C)c1cccc2c1N(C(=O)OC(C)(C)C)CC2. The number of anilines is 1. The van der Waals surface area contributed by atoms with Crippen molar-refractivity contribution in [2.45, 2.75) is 52.1 Å². The second-order valence-corrected chi connectivity index (χ2v) is 7.12. The maximum Gasteiger partial charge on any atom is 0.414 e. The molecule has 3 heteroatoms. The first-order valence-corrected chi connectivity index (χ1v) is 7.42. The number of carbonyl (C=O) groups excluding carboxylic acids is 1. The quantitative estimate of drug-likeness (QED) is 0.752. The Balaban J connectivity index is 2.43. The van der Waals surface area contributed by atoms with E-state index in [1.54, 1.807) is 4.90 Å². The number of nitrogens with zero attached hydrogens (tertiary/aromatic N) is 1. The minimum Gasteiger partial charge on any atom is -0.443 e. The van der Waals surface area contributed by atoms with Crippen LogP contribution in [0.5, 0.6) is 0 Å². The van der Waals surface area contributed by atoms with Gasteiger partial charge in [-0.1, -0.05) is 38.1 Å². The molecule has 1 heterocycles. The Labute approximate surface area is 127 Å². The van der Waals surface area contributed by atoms with Gasteiger partial charge < -0.3 is 4.74 Å². The number of hydrogen-bond acceptors (Lipinski definition) is 2. The fourth-order valence-corrected chi connectivity index (χ4v) is 2.59. The molecule has 1 aliphatic heterocycles. The second kappa shape index (κ2) is 5.21. The first-order chi connectivity index (χ1) is 9.65. The van der Waals surface area contributed by atoms with Crippen molar-refractivity contribution in [3.63, 3.8) is 0 Å². The number of carbonyl (C=O) groups is 1. The van der Waals surface area contributed by atoms with Crippen LogP contribution in [0, 0.1) is 0 Å². The van der Waals surface area contributed by atoms with Crippen molar-refractivity contribution < 1.29 is 9.53 Å². The topological polar surface area (TPSA) is 29.5 Å². The summed E-state index contributed by atoms with van der Waals surface area (Å²) in [5.74, 6) is 0. The van der Waals surface area contributed by atoms with Crippen LogP contribution in [0.25, 0.3) is 0 Å². The number of rotatable bonds is 2. The van der Waals surface area contributed by atoms with E-state index in [4.69, 9.17) is 4.74 Å². The number of ether oxygens (including phenoxy) is 1. The van der Waals surface area contributed by atoms with Gasteiger partial charge >= 0.3 is 6.09 Å². The van der Waals surface area contributed by atoms with E-state index >= 15 is 0 Å². The van der Waals surface area contributed by atoms with Gasteiger partial charge in [-0.15, -0.1) is 6.58 Å². The molecular weight excluding hydrogens is 262 g/mol. The third-order valence-electron chi connectivity index (χ3n) is 3.81. The first-order valence-electron chi connectivity index (χ1n) is 7.42. The molecule has 0 saturated carbocycles. The van der Waals surface area contributed by atoms with E-state index in [9.17, 15) is 4.79 Å². The van der Waals surface area contributed by atoms with Gasteiger partial charge in [-0.2, -0.15) is 0 Å². The molecule has 114 valence electrons. The maximum atomic E-state index is 12.5. The van der Waals surface area contributed by atoms with Crippen molar-refractivity contribution in [3.8, 4) is 0 Å². The lowest BCUT2D eigenvalue weighted by atomic mass is 9.83. The molecule has 1 amide bonds. The number of allylic oxidation sites excluding steroid dienone is 1. The average molecular weight is 287 g/mol. The molecule has 0 saturated heterocycles. The highest BCUT2D eigenvalue weighted by atomic mass is 16.6. The number of amides is 1. The van der Waals surface area contributed by atoms with Crippen molar-refractivity contribution in [2.75, 3.05) is 11.4 Å². The molecule has 1 aromatic rings. The molecule has 0 aliphatic carbocycles. The molecule has 0 spiro atoms. The highest BCUT2D eigenvalue weighted by molar-refractivity contribution is 5.92. The molecule has 1 aliphatic rings. The van der Waals surface area contributed by atoms with E-state index < -0.39 is 5.60 Å². The number of para-hydroxylation sites is 1. The second-order valence-electron chi connectivity index (χ2n) is 7.12. The van der Waals surface area contributed by atoms with Crippen molar-refractivity contribution in [1.29, 1.82) is 0 Å². The van der Waals surface area contributed by atoms with E-state index in [1.807, 2.05) is 26.8 Å². The van der Waals surface area contributed by atoms with E-state index in [0.29, 0.717) is 6.54 Å². The fourth-order valence-electron chi connectivity index (χ4n) is 2.59. The van der Waals surface area contributed by atoms with Crippen LogP contribution in [0.15, 0.2) is 30.9 Å². The molecular formula is C18H25NO2. The standard InChI is InChI=1S/C18H25NO2/c1-7-18(5,6)14-10-8-9-13-11-12-19(15(13)14)16(20)21-17(2,3)4/h7-10H,1,11-12H2,2-6H3. The van der Waals surface area contributed by atoms with E-state index in [-0.39, 0.29) is 11.5 Å². The summed E-state index contributed by atoms with van der Waals surface area (Å²) in [5.41, 5.74) is 2.65. The Morgan fingerprint density at radius 2 is 1.95 bits per heavy atom. The van der Waals surface area contributed by atoms with Crippen LogP contribution in [0.2, 0.25) is 0 Å². The fraction of sp³-hybridized carbons (Fsp3) is 0.500. The van der Waals surface area contributed by atoms with Gasteiger partial charge in [0.2, 0.25) is 0 Å². The van der Waals surface area contributed by atoms with Crippen LogP contribution < -0.4 is 4.90 Å². The van der Waals surface area contributed by atoms with Crippen molar-refractivity contribution >= 4 is 11.8 Å². The third kappa shape index (κ3) is 3.12. The molecule has 0 bridgehead atoms. The molecule has 1 aromatic carbocycles. The predicted octanol–water partition coefficient (Wildman–Crippen LogP) is 4.45. The minimum atomic E-state index is -0.483. The average Bonchev–Trinajstić information content (AvgIpc) is 2.80. The molecule has 3 nitrogen and oxygen atoms in total. The van der Waals surface area contributed by atoms with Gasteiger partial charge in [0.1, 0.15) is 5.60 Å². The third-order valence-corrected chi connectivity index (χ3v) is 3.81. The zero-order chi connectivity index (χ0) is 15.8. The highest BCUT2D eigenvalue weighted by Gasteiger charge is 2.33. The summed E-state index contributed by atoms with van der Waals surface area (Å²) in [5, 5.41) is 0. The van der Waals surface area contributed by atoms with Crippen LogP contribution in [0.1, 0.15) is 45.7 Å². The lowest BCUT2D eigenvalue weighted by Crippen LogP contribution is -2.36. The van der Waals surface area contributed by atoms with Gasteiger partial charge in [0.15, 0.2) is 0 Å². The Morgan fingerprint density at radius 3 is 2.52 bits per heavy atom.